The van der Waals surface area contributed by atoms with Crippen molar-refractivity contribution in [3.8, 4) is 17.1 Å². The number of nitrogens with one attached hydrogen (secondary N) is 1. The predicted octanol–water partition coefficient (Wildman–Crippen LogP) is 2.44. The lowest BCUT2D eigenvalue weighted by atomic mass is 10.2. The van der Waals surface area contributed by atoms with Crippen LogP contribution in [-0.2, 0) is 0 Å². The molecule has 9 heteroatoms. The normalized spacial score (nSPS) is 12.3. The van der Waals surface area contributed by atoms with Gasteiger partial charge >= 0.3 is 11.0 Å². The molecule has 3 nitrogen and oxygen atoms in total. The minimum Gasteiger partial charge on any atom is -1.00 e. The van der Waals surface area contributed by atoms with Crippen molar-refractivity contribution in [3.63, 3.8) is 0 Å². The molecule has 3 rings (SSSR count). The topological polar surface area (TPSA) is 28.8 Å². The fraction of sp³-hybridized carbons (Fsp3) is 0.125. The Kier molecular flexibility index (Phi) is 7.20. The lowest BCUT2D eigenvalue weighted by Gasteiger charge is -2.16. The van der Waals surface area contributed by atoms with Gasteiger partial charge in [-0.2, -0.15) is 0 Å². The summed E-state index contributed by atoms with van der Waals surface area (Å²) >= 11 is 24.9. The lowest BCUT2D eigenvalue weighted by Crippen LogP contribution is -3.00. The van der Waals surface area contributed by atoms with Crippen molar-refractivity contribution in [1.82, 2.24) is 4.98 Å². The highest BCUT2D eigenvalue weighted by Crippen LogP contribution is 2.35. The minimum atomic E-state index is -1.64. The van der Waals surface area contributed by atoms with Crippen LogP contribution in [0.5, 0.6) is 0 Å². The Morgan fingerprint density at radius 1 is 0.960 bits per heavy atom. The van der Waals surface area contributed by atoms with Gasteiger partial charge in [0.15, 0.2) is 5.50 Å². The third-order valence-electron chi connectivity index (χ3n) is 3.14. The van der Waals surface area contributed by atoms with Gasteiger partial charge in [-0.1, -0.05) is 82.8 Å². The SMILES string of the molecule is ClC(Nc1nc(-c2ccccc2)[n+](-c2ccccc2)s1)C(Cl)(Cl)Cl.[Cl-]. The smallest absolute Gasteiger partial charge is 0.350 e. The van der Waals surface area contributed by atoms with Gasteiger partial charge in [0.25, 0.3) is 0 Å². The van der Waals surface area contributed by atoms with Crippen molar-refractivity contribution >= 4 is 63.1 Å². The minimum absolute atomic E-state index is 0. The highest BCUT2D eigenvalue weighted by molar-refractivity contribution is 7.06. The van der Waals surface area contributed by atoms with Crippen LogP contribution < -0.4 is 21.7 Å². The first kappa shape index (κ1) is 20.6. The average molecular weight is 456 g/mol. The highest BCUT2D eigenvalue weighted by atomic mass is 35.6. The molecule has 1 atom stereocenters. The van der Waals surface area contributed by atoms with E-state index in [9.17, 15) is 0 Å². The summed E-state index contributed by atoms with van der Waals surface area (Å²) in [5.74, 6) is 0.780. The van der Waals surface area contributed by atoms with Crippen molar-refractivity contribution < 1.29 is 16.4 Å². The van der Waals surface area contributed by atoms with E-state index in [2.05, 4.69) is 10.3 Å². The van der Waals surface area contributed by atoms with E-state index in [1.165, 1.54) is 11.5 Å². The Morgan fingerprint density at radius 2 is 1.52 bits per heavy atom. The second-order valence-electron chi connectivity index (χ2n) is 4.88. The molecule has 0 aliphatic heterocycles. The second kappa shape index (κ2) is 8.76. The van der Waals surface area contributed by atoms with E-state index in [1.54, 1.807) is 0 Å². The number of para-hydroxylation sites is 1. The van der Waals surface area contributed by atoms with Gasteiger partial charge in [0.05, 0.1) is 5.56 Å². The van der Waals surface area contributed by atoms with Crippen molar-refractivity contribution in [3.05, 3.63) is 60.7 Å². The summed E-state index contributed by atoms with van der Waals surface area (Å²) in [6, 6.07) is 19.8. The highest BCUT2D eigenvalue weighted by Gasteiger charge is 2.34. The zero-order valence-corrected chi connectivity index (χ0v) is 17.1. The van der Waals surface area contributed by atoms with Gasteiger partial charge in [-0.3, -0.25) is 0 Å². The monoisotopic (exact) mass is 453 g/mol. The molecule has 0 amide bonds. The number of halogens is 5. The Hall–Kier alpha value is -0.750. The van der Waals surface area contributed by atoms with Crippen LogP contribution in [0.3, 0.4) is 0 Å². The van der Waals surface area contributed by atoms with Crippen LogP contribution in [0.1, 0.15) is 0 Å². The fourth-order valence-electron chi connectivity index (χ4n) is 2.05. The summed E-state index contributed by atoms with van der Waals surface area (Å²) in [6.07, 6.45) is 0. The third-order valence-corrected chi connectivity index (χ3v) is 5.51. The van der Waals surface area contributed by atoms with Gasteiger partial charge in [0.2, 0.25) is 3.79 Å². The standard InChI is InChI=1S/C16H11Cl4N3S.ClH/c17-14(16(18,19)20)22-15-21-13(11-7-3-1-4-8-11)23(24-15)12-9-5-2-6-10-12;/h1-10,14H;1H. The molecule has 1 N–H and O–H groups in total. The van der Waals surface area contributed by atoms with Gasteiger partial charge in [-0.25, -0.2) is 0 Å². The summed E-state index contributed by atoms with van der Waals surface area (Å²) in [4.78, 5) is 4.62. The van der Waals surface area contributed by atoms with E-state index < -0.39 is 9.29 Å². The molecule has 1 unspecified atom stereocenters. The largest absolute Gasteiger partial charge is 1.00 e. The summed E-state index contributed by atoms with van der Waals surface area (Å²) in [7, 11) is 0. The van der Waals surface area contributed by atoms with Crippen LogP contribution in [0, 0.1) is 0 Å². The summed E-state index contributed by atoms with van der Waals surface area (Å²) in [5, 5.41) is 3.50. The molecule has 0 aliphatic carbocycles. The van der Waals surface area contributed by atoms with Crippen molar-refractivity contribution in [2.45, 2.75) is 9.29 Å². The average Bonchev–Trinajstić information content (AvgIpc) is 2.99. The lowest BCUT2D eigenvalue weighted by molar-refractivity contribution is -0.509. The first-order valence-electron chi connectivity index (χ1n) is 6.97. The molecule has 25 heavy (non-hydrogen) atoms. The maximum atomic E-state index is 6.10. The summed E-state index contributed by atoms with van der Waals surface area (Å²) < 4.78 is 0.358. The van der Waals surface area contributed by atoms with E-state index in [-0.39, 0.29) is 12.4 Å². The molecule has 0 fully saturated rings. The molecule has 1 heterocycles. The Morgan fingerprint density at radius 3 is 2.08 bits per heavy atom. The van der Waals surface area contributed by atoms with Crippen LogP contribution in [0.4, 0.5) is 5.13 Å². The zero-order valence-electron chi connectivity index (χ0n) is 12.5. The number of benzene rings is 2. The van der Waals surface area contributed by atoms with E-state index in [0.717, 1.165) is 17.1 Å². The summed E-state index contributed by atoms with van der Waals surface area (Å²) in [6.45, 7) is 0. The first-order valence-corrected chi connectivity index (χ1v) is 9.31. The summed E-state index contributed by atoms with van der Waals surface area (Å²) in [5.41, 5.74) is 1.06. The van der Waals surface area contributed by atoms with Gasteiger partial charge in [-0.05, 0) is 29.2 Å². The predicted molar refractivity (Wildman–Crippen MR) is 103 cm³/mol. The maximum absolute atomic E-state index is 6.10. The third kappa shape index (κ3) is 5.13. The molecule has 3 aromatic rings. The van der Waals surface area contributed by atoms with Gasteiger partial charge in [0, 0.05) is 0 Å². The van der Waals surface area contributed by atoms with Crippen LogP contribution in [-0.4, -0.2) is 14.3 Å². The molecule has 0 spiro atoms. The molecular weight excluding hydrogens is 444 g/mol. The molecule has 0 aliphatic rings. The van der Waals surface area contributed by atoms with Crippen LogP contribution >= 0.6 is 57.9 Å². The molecular formula is C16H12Cl5N3S. The van der Waals surface area contributed by atoms with Crippen LogP contribution in [0.2, 0.25) is 0 Å². The number of nitrogens with zero attached hydrogens (tertiary/aromatic N) is 2. The zero-order chi connectivity index (χ0) is 17.2. The first-order chi connectivity index (χ1) is 11.4. The Bertz CT molecular complexity index is 749. The van der Waals surface area contributed by atoms with Crippen molar-refractivity contribution in [1.29, 1.82) is 0 Å². The number of rotatable bonds is 4. The molecule has 2 aromatic carbocycles. The van der Waals surface area contributed by atoms with E-state index >= 15 is 0 Å². The number of alkyl halides is 4. The molecule has 132 valence electrons. The number of hydrogen-bond donors (Lipinski definition) is 1. The molecule has 0 radical (unpaired) electrons. The van der Waals surface area contributed by atoms with Gasteiger partial charge in [-0.15, -0.1) is 3.96 Å². The molecule has 0 saturated heterocycles. The second-order valence-corrected chi connectivity index (χ2v) is 8.62. The quantitative estimate of drug-likeness (QED) is 0.372. The van der Waals surface area contributed by atoms with E-state index in [1.807, 2.05) is 64.6 Å². The molecule has 0 saturated carbocycles. The number of hydrogen-bond acceptors (Lipinski definition) is 3. The van der Waals surface area contributed by atoms with Crippen LogP contribution in [0.15, 0.2) is 60.7 Å². The molecule has 1 aromatic heterocycles. The maximum Gasteiger partial charge on any atom is 0.350 e. The molecule has 0 bridgehead atoms. The Balaban J connectivity index is 0.00000225. The Labute approximate surface area is 176 Å². The van der Waals surface area contributed by atoms with Gasteiger partial charge in [0.1, 0.15) is 17.2 Å². The fourth-order valence-corrected chi connectivity index (χ4v) is 3.31. The number of aromatic nitrogens is 2. The number of anilines is 1. The van der Waals surface area contributed by atoms with Gasteiger partial charge < -0.3 is 17.7 Å². The van der Waals surface area contributed by atoms with Crippen molar-refractivity contribution in [2.24, 2.45) is 0 Å². The van der Waals surface area contributed by atoms with Crippen LogP contribution in [0.25, 0.3) is 17.1 Å². The van der Waals surface area contributed by atoms with Crippen molar-refractivity contribution in [2.75, 3.05) is 5.32 Å². The van der Waals surface area contributed by atoms with E-state index in [0.29, 0.717) is 5.13 Å². The van der Waals surface area contributed by atoms with E-state index in [4.69, 9.17) is 46.4 Å².